The van der Waals surface area contributed by atoms with E-state index in [9.17, 15) is 9.90 Å². The molecule has 1 aliphatic carbocycles. The first-order chi connectivity index (χ1) is 15.4. The summed E-state index contributed by atoms with van der Waals surface area (Å²) in [5, 5.41) is 13.3. The van der Waals surface area contributed by atoms with Crippen molar-refractivity contribution < 1.29 is 19.4 Å². The molecule has 180 valence electrons. The smallest absolute Gasteiger partial charge is 0.220 e. The summed E-state index contributed by atoms with van der Waals surface area (Å²) >= 11 is 0. The quantitative estimate of drug-likeness (QED) is 0.533. The van der Waals surface area contributed by atoms with Gasteiger partial charge in [0.05, 0.1) is 5.60 Å². The summed E-state index contributed by atoms with van der Waals surface area (Å²) in [7, 11) is 2.17. The SMILES string of the molecule is CC(O)(CCCCCC(=O)NCCc1ccc2c(c1)OCCO2)C1CC1.CN1CCCC1. The molecular formula is C26H42N2O4. The number of nitrogens with one attached hydrogen (secondary N) is 1. The van der Waals surface area contributed by atoms with Crippen LogP contribution < -0.4 is 14.8 Å². The number of hydrogen-bond acceptors (Lipinski definition) is 5. The molecule has 6 nitrogen and oxygen atoms in total. The van der Waals surface area contributed by atoms with Crippen LogP contribution in [0.1, 0.15) is 70.3 Å². The molecular weight excluding hydrogens is 404 g/mol. The Morgan fingerprint density at radius 1 is 1.12 bits per heavy atom. The van der Waals surface area contributed by atoms with Crippen LogP contribution in [0.3, 0.4) is 0 Å². The zero-order valence-corrected chi connectivity index (χ0v) is 20.0. The highest BCUT2D eigenvalue weighted by Crippen LogP contribution is 2.42. The lowest BCUT2D eigenvalue weighted by molar-refractivity contribution is -0.121. The summed E-state index contributed by atoms with van der Waals surface area (Å²) in [6.07, 6.45) is 10.2. The summed E-state index contributed by atoms with van der Waals surface area (Å²) in [6, 6.07) is 5.94. The van der Waals surface area contributed by atoms with Gasteiger partial charge in [-0.1, -0.05) is 18.9 Å². The number of hydrogen-bond donors (Lipinski definition) is 2. The number of carbonyl (C=O) groups excluding carboxylic acids is 1. The summed E-state index contributed by atoms with van der Waals surface area (Å²) in [6.45, 7) is 6.41. The zero-order chi connectivity index (χ0) is 22.8. The van der Waals surface area contributed by atoms with Crippen LogP contribution in [-0.4, -0.2) is 61.4 Å². The van der Waals surface area contributed by atoms with Crippen molar-refractivity contribution in [3.63, 3.8) is 0 Å². The van der Waals surface area contributed by atoms with Gasteiger partial charge in [0.25, 0.3) is 0 Å². The zero-order valence-electron chi connectivity index (χ0n) is 20.0. The molecule has 0 radical (unpaired) electrons. The number of unbranched alkanes of at least 4 members (excludes halogenated alkanes) is 2. The predicted octanol–water partition coefficient (Wildman–Crippen LogP) is 3.94. The van der Waals surface area contributed by atoms with E-state index in [-0.39, 0.29) is 5.91 Å². The number of likely N-dealkylation sites (tertiary alicyclic amines) is 1. The average molecular weight is 447 g/mol. The molecule has 2 fully saturated rings. The third kappa shape index (κ3) is 8.62. The fourth-order valence-corrected chi connectivity index (χ4v) is 4.41. The molecule has 32 heavy (non-hydrogen) atoms. The number of nitrogens with zero attached hydrogens (tertiary/aromatic N) is 1. The number of benzene rings is 1. The third-order valence-corrected chi connectivity index (χ3v) is 6.72. The van der Waals surface area contributed by atoms with E-state index in [1.54, 1.807) is 0 Å². The molecule has 2 N–H and O–H groups in total. The maximum absolute atomic E-state index is 11.9. The van der Waals surface area contributed by atoms with Gasteiger partial charge in [-0.05, 0) is 95.6 Å². The van der Waals surface area contributed by atoms with Crippen molar-refractivity contribution in [1.29, 1.82) is 0 Å². The van der Waals surface area contributed by atoms with Crippen molar-refractivity contribution in [3.05, 3.63) is 23.8 Å². The summed E-state index contributed by atoms with van der Waals surface area (Å²) in [4.78, 5) is 14.3. The molecule has 4 rings (SSSR count). The van der Waals surface area contributed by atoms with E-state index in [1.807, 2.05) is 25.1 Å². The van der Waals surface area contributed by atoms with Crippen molar-refractivity contribution in [3.8, 4) is 11.5 Å². The molecule has 2 heterocycles. The maximum atomic E-state index is 11.9. The first kappa shape index (κ1) is 24.8. The number of amides is 1. The van der Waals surface area contributed by atoms with Crippen LogP contribution in [-0.2, 0) is 11.2 Å². The summed E-state index contributed by atoms with van der Waals surface area (Å²) in [5.41, 5.74) is 0.642. The van der Waals surface area contributed by atoms with Crippen LogP contribution in [0.15, 0.2) is 18.2 Å². The molecule has 0 spiro atoms. The average Bonchev–Trinajstić information content (AvgIpc) is 3.54. The molecule has 1 saturated carbocycles. The topological polar surface area (TPSA) is 71.0 Å². The molecule has 1 aromatic rings. The normalized spacial score (nSPS) is 19.6. The Hall–Kier alpha value is -1.79. The van der Waals surface area contributed by atoms with E-state index in [4.69, 9.17) is 9.47 Å². The Labute approximate surface area is 193 Å². The number of ether oxygens (including phenoxy) is 2. The lowest BCUT2D eigenvalue weighted by Gasteiger charge is -2.22. The van der Waals surface area contributed by atoms with Crippen molar-refractivity contribution in [1.82, 2.24) is 10.2 Å². The Morgan fingerprint density at radius 2 is 1.84 bits per heavy atom. The van der Waals surface area contributed by atoms with E-state index < -0.39 is 5.60 Å². The second-order valence-electron chi connectivity index (χ2n) is 9.78. The Kier molecular flexibility index (Phi) is 9.67. The minimum Gasteiger partial charge on any atom is -0.486 e. The van der Waals surface area contributed by atoms with E-state index >= 15 is 0 Å². The first-order valence-electron chi connectivity index (χ1n) is 12.5. The van der Waals surface area contributed by atoms with Crippen molar-refractivity contribution in [2.45, 2.75) is 76.7 Å². The Bertz CT molecular complexity index is 712. The van der Waals surface area contributed by atoms with Crippen LogP contribution in [0, 0.1) is 5.92 Å². The molecule has 2 aliphatic heterocycles. The largest absolute Gasteiger partial charge is 0.486 e. The van der Waals surface area contributed by atoms with Crippen LogP contribution in [0.4, 0.5) is 0 Å². The van der Waals surface area contributed by atoms with Crippen LogP contribution in [0.25, 0.3) is 0 Å². The van der Waals surface area contributed by atoms with E-state index in [2.05, 4.69) is 17.3 Å². The first-order valence-corrected chi connectivity index (χ1v) is 12.5. The number of rotatable bonds is 10. The van der Waals surface area contributed by atoms with Crippen molar-refractivity contribution in [2.75, 3.05) is 39.9 Å². The summed E-state index contributed by atoms with van der Waals surface area (Å²) in [5.74, 6) is 2.20. The Morgan fingerprint density at radius 3 is 2.50 bits per heavy atom. The van der Waals surface area contributed by atoms with Crippen molar-refractivity contribution in [2.24, 2.45) is 5.92 Å². The highest BCUT2D eigenvalue weighted by Gasteiger charge is 2.39. The van der Waals surface area contributed by atoms with Gasteiger partial charge in [-0.2, -0.15) is 0 Å². The summed E-state index contributed by atoms with van der Waals surface area (Å²) < 4.78 is 11.1. The van der Waals surface area contributed by atoms with Gasteiger partial charge in [-0.25, -0.2) is 0 Å². The molecule has 0 bridgehead atoms. The third-order valence-electron chi connectivity index (χ3n) is 6.72. The fraction of sp³-hybridized carbons (Fsp3) is 0.731. The molecule has 1 amide bonds. The van der Waals surface area contributed by atoms with Crippen LogP contribution >= 0.6 is 0 Å². The fourth-order valence-electron chi connectivity index (χ4n) is 4.41. The van der Waals surface area contributed by atoms with Gasteiger partial charge >= 0.3 is 0 Å². The van der Waals surface area contributed by atoms with Gasteiger partial charge in [-0.3, -0.25) is 4.79 Å². The molecule has 1 aromatic carbocycles. The molecule has 6 heteroatoms. The minimum atomic E-state index is -0.494. The maximum Gasteiger partial charge on any atom is 0.220 e. The van der Waals surface area contributed by atoms with Gasteiger partial charge in [0.2, 0.25) is 5.91 Å². The van der Waals surface area contributed by atoms with E-state index in [1.165, 1.54) is 38.8 Å². The van der Waals surface area contributed by atoms with E-state index in [0.29, 0.717) is 32.1 Å². The van der Waals surface area contributed by atoms with Crippen LogP contribution in [0.2, 0.25) is 0 Å². The second-order valence-corrected chi connectivity index (χ2v) is 9.78. The lowest BCUT2D eigenvalue weighted by Crippen LogP contribution is -2.27. The standard InChI is InChI=1S/C21H31NO4.C5H11N/c1-21(24,17-7-8-17)11-4-2-3-5-20(23)22-12-10-16-6-9-18-19(15-16)26-14-13-25-18;1-6-4-2-3-5-6/h6,9,15,17,24H,2-5,7-8,10-14H2,1H3,(H,22,23);2-5H2,1H3. The Balaban J connectivity index is 0.000000416. The number of carbonyl (C=O) groups is 1. The predicted molar refractivity (Wildman–Crippen MR) is 127 cm³/mol. The van der Waals surface area contributed by atoms with Gasteiger partial charge in [-0.15, -0.1) is 0 Å². The van der Waals surface area contributed by atoms with Gasteiger partial charge in [0.1, 0.15) is 13.2 Å². The van der Waals surface area contributed by atoms with Gasteiger partial charge < -0.3 is 24.8 Å². The van der Waals surface area contributed by atoms with Crippen molar-refractivity contribution >= 4 is 5.91 Å². The highest BCUT2D eigenvalue weighted by atomic mass is 16.6. The molecule has 0 aromatic heterocycles. The van der Waals surface area contributed by atoms with Crippen LogP contribution in [0.5, 0.6) is 11.5 Å². The minimum absolute atomic E-state index is 0.108. The molecule has 1 atom stereocenters. The van der Waals surface area contributed by atoms with Gasteiger partial charge in [0, 0.05) is 13.0 Å². The highest BCUT2D eigenvalue weighted by molar-refractivity contribution is 5.75. The lowest BCUT2D eigenvalue weighted by atomic mass is 9.93. The van der Waals surface area contributed by atoms with Gasteiger partial charge in [0.15, 0.2) is 11.5 Å². The number of fused-ring (bicyclic) bond motifs is 1. The monoisotopic (exact) mass is 446 g/mol. The number of aliphatic hydroxyl groups is 1. The molecule has 1 unspecified atom stereocenters. The molecule has 1 saturated heterocycles. The molecule has 3 aliphatic rings. The van der Waals surface area contributed by atoms with E-state index in [0.717, 1.165) is 49.2 Å². The second kappa shape index (κ2) is 12.4.